The molecule has 1 rings (SSSR count). The van der Waals surface area contributed by atoms with Crippen molar-refractivity contribution in [3.05, 3.63) is 23.8 Å². The van der Waals surface area contributed by atoms with Gasteiger partial charge in [-0.05, 0) is 49.3 Å². The van der Waals surface area contributed by atoms with E-state index in [0.29, 0.717) is 5.56 Å². The number of carbonyl (C=O) groups excluding carboxylic acids is 4. The predicted molar refractivity (Wildman–Crippen MR) is 144 cm³/mol. The molecule has 0 unspecified atom stereocenters. The molecule has 0 fully saturated rings. The Labute approximate surface area is 235 Å². The molecule has 12 heteroatoms. The lowest BCUT2D eigenvalue weighted by Gasteiger charge is -2.17. The number of hydrogen-bond acceptors (Lipinski definition) is 12. The molecule has 0 aliphatic carbocycles. The maximum Gasteiger partial charge on any atom is 0.513 e. The molecule has 0 bridgehead atoms. The summed E-state index contributed by atoms with van der Waals surface area (Å²) in [6.07, 6.45) is -0.855. The Morgan fingerprint density at radius 2 is 1.35 bits per heavy atom. The Hall–Kier alpha value is -3.54. The van der Waals surface area contributed by atoms with Crippen LogP contribution in [0.5, 0.6) is 11.5 Å². The van der Waals surface area contributed by atoms with Crippen molar-refractivity contribution >= 4 is 24.4 Å². The summed E-state index contributed by atoms with van der Waals surface area (Å²) < 4.78 is 35.7. The van der Waals surface area contributed by atoms with Crippen LogP contribution < -0.4 is 15.2 Å². The Balaban J connectivity index is 2.77. The number of hydrogen-bond donors (Lipinski definition) is 1. The van der Waals surface area contributed by atoms with E-state index in [1.807, 2.05) is 34.6 Å². The maximum atomic E-state index is 12.4. The van der Waals surface area contributed by atoms with Crippen LogP contribution in [0.3, 0.4) is 0 Å². The van der Waals surface area contributed by atoms with E-state index in [2.05, 4.69) is 0 Å². The Morgan fingerprint density at radius 1 is 0.750 bits per heavy atom. The largest absolute Gasteiger partial charge is 0.513 e. The third-order valence-corrected chi connectivity index (χ3v) is 4.95. The van der Waals surface area contributed by atoms with E-state index in [0.717, 1.165) is 19.3 Å². The lowest BCUT2D eigenvalue weighted by Crippen LogP contribution is -2.36. The van der Waals surface area contributed by atoms with Crippen molar-refractivity contribution in [1.29, 1.82) is 0 Å². The van der Waals surface area contributed by atoms with Crippen LogP contribution in [0.1, 0.15) is 66.4 Å². The molecule has 0 heterocycles. The normalized spacial score (nSPS) is 12.3. The van der Waals surface area contributed by atoms with Crippen LogP contribution in [-0.2, 0) is 34.9 Å². The highest BCUT2D eigenvalue weighted by molar-refractivity contribution is 5.76. The topological polar surface area (TPSA) is 159 Å². The summed E-state index contributed by atoms with van der Waals surface area (Å²) in [6, 6.07) is 3.24. The van der Waals surface area contributed by atoms with Gasteiger partial charge in [-0.3, -0.25) is 4.79 Å². The molecule has 0 aliphatic rings. The zero-order chi connectivity index (χ0) is 30.1. The second-order valence-corrected chi connectivity index (χ2v) is 10.1. The molecular formula is C28H43NO11. The molecule has 0 amide bonds. The molecule has 0 saturated heterocycles. The summed E-state index contributed by atoms with van der Waals surface area (Å²) in [5.74, 6) is -0.760. The third-order valence-electron chi connectivity index (χ3n) is 4.95. The third kappa shape index (κ3) is 15.2. The fourth-order valence-electron chi connectivity index (χ4n) is 2.94. The molecular weight excluding hydrogens is 526 g/mol. The van der Waals surface area contributed by atoms with Gasteiger partial charge in [0.05, 0.1) is 19.8 Å². The lowest BCUT2D eigenvalue weighted by atomic mass is 10.1. The fourth-order valence-corrected chi connectivity index (χ4v) is 2.94. The lowest BCUT2D eigenvalue weighted by molar-refractivity contribution is -0.148. The van der Waals surface area contributed by atoms with Crippen molar-refractivity contribution in [1.82, 2.24) is 0 Å². The van der Waals surface area contributed by atoms with E-state index in [9.17, 15) is 19.2 Å². The van der Waals surface area contributed by atoms with Gasteiger partial charge in [-0.15, -0.1) is 0 Å². The molecule has 0 aromatic heterocycles. The van der Waals surface area contributed by atoms with Crippen molar-refractivity contribution in [3.8, 4) is 11.5 Å². The van der Waals surface area contributed by atoms with Gasteiger partial charge in [-0.2, -0.15) is 0 Å². The first-order chi connectivity index (χ1) is 18.9. The van der Waals surface area contributed by atoms with Crippen LogP contribution in [0.15, 0.2) is 18.2 Å². The summed E-state index contributed by atoms with van der Waals surface area (Å²) >= 11 is 0. The molecule has 226 valence electrons. The van der Waals surface area contributed by atoms with E-state index in [-0.39, 0.29) is 56.2 Å². The van der Waals surface area contributed by atoms with Crippen molar-refractivity contribution in [2.75, 3.05) is 26.4 Å². The number of rotatable bonds is 16. The maximum absolute atomic E-state index is 12.4. The number of carbonyl (C=O) groups is 4. The van der Waals surface area contributed by atoms with Crippen LogP contribution >= 0.6 is 0 Å². The average Bonchev–Trinajstić information content (AvgIpc) is 2.88. The first kappa shape index (κ1) is 34.5. The Morgan fingerprint density at radius 3 is 1.93 bits per heavy atom. The van der Waals surface area contributed by atoms with Gasteiger partial charge in [0, 0.05) is 0 Å². The van der Waals surface area contributed by atoms with Crippen LogP contribution in [0.2, 0.25) is 0 Å². The highest BCUT2D eigenvalue weighted by atomic mass is 16.7. The molecule has 0 spiro atoms. The molecule has 1 aromatic rings. The molecule has 0 radical (unpaired) electrons. The van der Waals surface area contributed by atoms with Gasteiger partial charge in [0.15, 0.2) is 11.5 Å². The quantitative estimate of drug-likeness (QED) is 0.121. The molecule has 0 aliphatic heterocycles. The minimum absolute atomic E-state index is 0.00300. The van der Waals surface area contributed by atoms with Crippen molar-refractivity contribution in [3.63, 3.8) is 0 Å². The van der Waals surface area contributed by atoms with E-state index in [1.165, 1.54) is 12.1 Å². The SMILES string of the molecule is CCCCCOC(=O)O[C@@H](C)COC(=O)[C@@H](N)Cc1ccc(OC(=O)OCC(C)C)c(OC(=O)OCC(C)C)c1. The monoisotopic (exact) mass is 569 g/mol. The zero-order valence-electron chi connectivity index (χ0n) is 24.3. The minimum atomic E-state index is -1.09. The molecule has 0 saturated carbocycles. The smallest absolute Gasteiger partial charge is 0.461 e. The van der Waals surface area contributed by atoms with Crippen molar-refractivity contribution in [2.24, 2.45) is 17.6 Å². The molecule has 40 heavy (non-hydrogen) atoms. The van der Waals surface area contributed by atoms with E-state index >= 15 is 0 Å². The predicted octanol–water partition coefficient (Wildman–Crippen LogP) is 5.17. The summed E-state index contributed by atoms with van der Waals surface area (Å²) in [6.45, 7) is 11.4. The zero-order valence-corrected chi connectivity index (χ0v) is 24.3. The van der Waals surface area contributed by atoms with Crippen molar-refractivity contribution in [2.45, 2.75) is 79.4 Å². The second kappa shape index (κ2) is 18.7. The van der Waals surface area contributed by atoms with Crippen LogP contribution in [-0.4, -0.2) is 63.0 Å². The average molecular weight is 570 g/mol. The van der Waals surface area contributed by atoms with E-state index in [4.69, 9.17) is 38.9 Å². The van der Waals surface area contributed by atoms with Crippen LogP contribution in [0.4, 0.5) is 14.4 Å². The number of benzene rings is 1. The molecule has 1 aromatic carbocycles. The summed E-state index contributed by atoms with van der Waals surface area (Å²) in [4.78, 5) is 48.3. The van der Waals surface area contributed by atoms with Gasteiger partial charge < -0.3 is 38.9 Å². The molecule has 2 atom stereocenters. The highest BCUT2D eigenvalue weighted by Crippen LogP contribution is 2.30. The number of esters is 1. The van der Waals surface area contributed by atoms with E-state index in [1.54, 1.807) is 13.0 Å². The standard InChI is InChI=1S/C28H43NO11/c1-7-8-9-12-34-26(31)38-20(6)17-35-25(30)22(29)13-21-10-11-23(39-27(32)36-15-18(2)3)24(14-21)40-28(33)37-16-19(4)5/h10-11,14,18-20,22H,7-9,12-13,15-17,29H2,1-6H3/t20-,22-/m0/s1. The molecule has 12 nitrogen and oxygen atoms in total. The fraction of sp³-hybridized carbons (Fsp3) is 0.643. The number of nitrogens with two attached hydrogens (primary N) is 1. The van der Waals surface area contributed by atoms with Gasteiger partial charge in [0.1, 0.15) is 18.8 Å². The first-order valence-corrected chi connectivity index (χ1v) is 13.5. The summed E-state index contributed by atoms with van der Waals surface area (Å²) in [5, 5.41) is 0. The molecule has 2 N–H and O–H groups in total. The Kier molecular flexibility index (Phi) is 16.1. The second-order valence-electron chi connectivity index (χ2n) is 10.1. The number of unbranched alkanes of at least 4 members (excludes halogenated alkanes) is 2. The van der Waals surface area contributed by atoms with Crippen LogP contribution in [0.25, 0.3) is 0 Å². The highest BCUT2D eigenvalue weighted by Gasteiger charge is 2.22. The van der Waals surface area contributed by atoms with Crippen LogP contribution in [0, 0.1) is 11.8 Å². The number of ether oxygens (including phenoxy) is 7. The van der Waals surface area contributed by atoms with Gasteiger partial charge in [-0.1, -0.05) is 53.5 Å². The van der Waals surface area contributed by atoms with Gasteiger partial charge in [0.25, 0.3) is 0 Å². The van der Waals surface area contributed by atoms with Gasteiger partial charge in [-0.25, -0.2) is 14.4 Å². The van der Waals surface area contributed by atoms with Gasteiger partial charge >= 0.3 is 24.4 Å². The Bertz CT molecular complexity index is 948. The van der Waals surface area contributed by atoms with Crippen molar-refractivity contribution < 1.29 is 52.3 Å². The van der Waals surface area contributed by atoms with Gasteiger partial charge in [0.2, 0.25) is 0 Å². The summed E-state index contributed by atoms with van der Waals surface area (Å²) in [5.41, 5.74) is 6.49. The summed E-state index contributed by atoms with van der Waals surface area (Å²) in [7, 11) is 0. The first-order valence-electron chi connectivity index (χ1n) is 13.5. The minimum Gasteiger partial charge on any atom is -0.461 e. The van der Waals surface area contributed by atoms with E-state index < -0.39 is 36.6 Å².